The van der Waals surface area contributed by atoms with E-state index in [4.69, 9.17) is 18.0 Å². The molecule has 0 spiro atoms. The van der Waals surface area contributed by atoms with E-state index in [9.17, 15) is 0 Å². The summed E-state index contributed by atoms with van der Waals surface area (Å²) < 4.78 is 0. The van der Waals surface area contributed by atoms with Crippen LogP contribution in [0, 0.1) is 0 Å². The molecule has 1 aliphatic heterocycles. The van der Waals surface area contributed by atoms with Crippen LogP contribution in [0.25, 0.3) is 0 Å². The third-order valence-corrected chi connectivity index (χ3v) is 3.37. The van der Waals surface area contributed by atoms with Crippen molar-refractivity contribution in [3.05, 3.63) is 0 Å². The summed E-state index contributed by atoms with van der Waals surface area (Å²) in [5.41, 5.74) is 5.55. The Bertz CT molecular complexity index is 196. The molecule has 0 radical (unpaired) electrons. The standard InChI is InChI=1S/C11H23N3S/c1-3-10(4-2)14-7-5-13(6-8-14)9-11(12)15/h10H,3-9H2,1-2H3,(H2,12,15). The second-order valence-corrected chi connectivity index (χ2v) is 4.77. The van der Waals surface area contributed by atoms with Crippen LogP contribution in [0.15, 0.2) is 0 Å². The Kier molecular flexibility index (Phi) is 5.50. The average molecular weight is 229 g/mol. The molecular formula is C11H23N3S. The fourth-order valence-corrected chi connectivity index (χ4v) is 2.49. The number of thiocarbonyl (C=S) groups is 1. The monoisotopic (exact) mass is 229 g/mol. The second kappa shape index (κ2) is 6.40. The topological polar surface area (TPSA) is 32.5 Å². The van der Waals surface area contributed by atoms with Gasteiger partial charge in [0.05, 0.1) is 4.99 Å². The van der Waals surface area contributed by atoms with Gasteiger partial charge in [-0.2, -0.15) is 0 Å². The van der Waals surface area contributed by atoms with Crippen LogP contribution >= 0.6 is 12.2 Å². The summed E-state index contributed by atoms with van der Waals surface area (Å²) in [6.07, 6.45) is 2.51. The Morgan fingerprint density at radius 1 is 1.20 bits per heavy atom. The SMILES string of the molecule is CCC(CC)N1CCN(CC(N)=S)CC1. The minimum absolute atomic E-state index is 0.617. The molecular weight excluding hydrogens is 206 g/mol. The Morgan fingerprint density at radius 2 is 1.73 bits per heavy atom. The molecule has 1 saturated heterocycles. The predicted molar refractivity (Wildman–Crippen MR) is 69.2 cm³/mol. The Morgan fingerprint density at radius 3 is 2.13 bits per heavy atom. The minimum Gasteiger partial charge on any atom is -0.392 e. The van der Waals surface area contributed by atoms with Gasteiger partial charge < -0.3 is 5.73 Å². The summed E-state index contributed by atoms with van der Waals surface area (Å²) in [5.74, 6) is 0. The Hall–Kier alpha value is -0.190. The predicted octanol–water partition coefficient (Wildman–Crippen LogP) is 1.08. The van der Waals surface area contributed by atoms with E-state index in [1.807, 2.05) is 0 Å². The van der Waals surface area contributed by atoms with E-state index in [1.54, 1.807) is 0 Å². The number of hydrogen-bond donors (Lipinski definition) is 1. The van der Waals surface area contributed by atoms with E-state index in [0.29, 0.717) is 4.99 Å². The van der Waals surface area contributed by atoms with Gasteiger partial charge >= 0.3 is 0 Å². The van der Waals surface area contributed by atoms with Gasteiger partial charge in [-0.15, -0.1) is 0 Å². The molecule has 1 rings (SSSR count). The van der Waals surface area contributed by atoms with E-state index in [2.05, 4.69) is 23.6 Å². The molecule has 0 aromatic carbocycles. The summed E-state index contributed by atoms with van der Waals surface area (Å²) in [4.78, 5) is 5.56. The normalized spacial score (nSPS) is 19.7. The quantitative estimate of drug-likeness (QED) is 0.715. The van der Waals surface area contributed by atoms with E-state index >= 15 is 0 Å². The molecule has 0 bridgehead atoms. The van der Waals surface area contributed by atoms with Gasteiger partial charge in [-0.3, -0.25) is 9.80 Å². The third kappa shape index (κ3) is 4.05. The highest BCUT2D eigenvalue weighted by molar-refractivity contribution is 7.80. The minimum atomic E-state index is 0.617. The first kappa shape index (κ1) is 12.9. The molecule has 1 aliphatic rings. The van der Waals surface area contributed by atoms with Crippen LogP contribution < -0.4 is 5.73 Å². The lowest BCUT2D eigenvalue weighted by Gasteiger charge is -2.38. The van der Waals surface area contributed by atoms with Crippen molar-refractivity contribution in [1.82, 2.24) is 9.80 Å². The molecule has 0 unspecified atom stereocenters. The third-order valence-electron chi connectivity index (χ3n) is 3.25. The summed E-state index contributed by atoms with van der Waals surface area (Å²) in [5, 5.41) is 0. The maximum absolute atomic E-state index is 5.55. The number of nitrogens with two attached hydrogens (primary N) is 1. The molecule has 0 saturated carbocycles. The second-order valence-electron chi connectivity index (χ2n) is 4.25. The molecule has 4 heteroatoms. The lowest BCUT2D eigenvalue weighted by Crippen LogP contribution is -2.51. The largest absolute Gasteiger partial charge is 0.392 e. The van der Waals surface area contributed by atoms with Crippen molar-refractivity contribution in [2.24, 2.45) is 5.73 Å². The molecule has 1 heterocycles. The van der Waals surface area contributed by atoms with Crippen molar-refractivity contribution in [2.75, 3.05) is 32.7 Å². The van der Waals surface area contributed by atoms with E-state index in [-0.39, 0.29) is 0 Å². The molecule has 0 atom stereocenters. The molecule has 2 N–H and O–H groups in total. The molecule has 3 nitrogen and oxygen atoms in total. The summed E-state index contributed by atoms with van der Waals surface area (Å²) in [6, 6.07) is 0.761. The van der Waals surface area contributed by atoms with E-state index in [1.165, 1.54) is 12.8 Å². The molecule has 0 aromatic heterocycles. The van der Waals surface area contributed by atoms with Gasteiger partial charge in [0.1, 0.15) is 0 Å². The number of piperazine rings is 1. The van der Waals surface area contributed by atoms with Gasteiger partial charge in [0, 0.05) is 38.8 Å². The van der Waals surface area contributed by atoms with E-state index in [0.717, 1.165) is 38.8 Å². The highest BCUT2D eigenvalue weighted by Crippen LogP contribution is 2.11. The maximum Gasteiger partial charge on any atom is 0.0870 e. The highest BCUT2D eigenvalue weighted by Gasteiger charge is 2.21. The van der Waals surface area contributed by atoms with Gasteiger partial charge in [0.2, 0.25) is 0 Å². The van der Waals surface area contributed by atoms with Gasteiger partial charge in [0.15, 0.2) is 0 Å². The zero-order valence-corrected chi connectivity index (χ0v) is 10.7. The van der Waals surface area contributed by atoms with Crippen LogP contribution in [0.3, 0.4) is 0 Å². The van der Waals surface area contributed by atoms with Gasteiger partial charge in [-0.1, -0.05) is 26.1 Å². The zero-order valence-electron chi connectivity index (χ0n) is 9.91. The zero-order chi connectivity index (χ0) is 11.3. The van der Waals surface area contributed by atoms with Crippen LogP contribution in [0.2, 0.25) is 0 Å². The van der Waals surface area contributed by atoms with Gasteiger partial charge in [-0.05, 0) is 12.8 Å². The van der Waals surface area contributed by atoms with Crippen LogP contribution in [0.1, 0.15) is 26.7 Å². The smallest absolute Gasteiger partial charge is 0.0870 e. The first-order chi connectivity index (χ1) is 7.17. The van der Waals surface area contributed by atoms with E-state index < -0.39 is 0 Å². The molecule has 0 amide bonds. The van der Waals surface area contributed by atoms with Crippen molar-refractivity contribution in [1.29, 1.82) is 0 Å². The number of hydrogen-bond acceptors (Lipinski definition) is 3. The first-order valence-corrected chi connectivity index (χ1v) is 6.32. The fraction of sp³-hybridized carbons (Fsp3) is 0.909. The highest BCUT2D eigenvalue weighted by atomic mass is 32.1. The number of rotatable bonds is 5. The summed E-state index contributed by atoms with van der Waals surface area (Å²) >= 11 is 4.93. The summed E-state index contributed by atoms with van der Waals surface area (Å²) in [7, 11) is 0. The lowest BCUT2D eigenvalue weighted by molar-refractivity contribution is 0.101. The van der Waals surface area contributed by atoms with Crippen molar-refractivity contribution in [3.63, 3.8) is 0 Å². The first-order valence-electron chi connectivity index (χ1n) is 5.92. The van der Waals surface area contributed by atoms with Crippen molar-refractivity contribution < 1.29 is 0 Å². The Balaban J connectivity index is 2.31. The number of nitrogens with zero attached hydrogens (tertiary/aromatic N) is 2. The molecule has 0 aromatic rings. The van der Waals surface area contributed by atoms with Gasteiger partial charge in [-0.25, -0.2) is 0 Å². The fourth-order valence-electron chi connectivity index (χ4n) is 2.31. The van der Waals surface area contributed by atoms with Crippen molar-refractivity contribution >= 4 is 17.2 Å². The maximum atomic E-state index is 5.55. The van der Waals surface area contributed by atoms with Crippen LogP contribution in [-0.2, 0) is 0 Å². The van der Waals surface area contributed by atoms with Crippen LogP contribution in [0.5, 0.6) is 0 Å². The van der Waals surface area contributed by atoms with Crippen LogP contribution in [0.4, 0.5) is 0 Å². The lowest BCUT2D eigenvalue weighted by atomic mass is 10.1. The van der Waals surface area contributed by atoms with Crippen LogP contribution in [-0.4, -0.2) is 53.6 Å². The van der Waals surface area contributed by atoms with Crippen molar-refractivity contribution in [3.8, 4) is 0 Å². The molecule has 88 valence electrons. The molecule has 1 fully saturated rings. The summed E-state index contributed by atoms with van der Waals surface area (Å²) in [6.45, 7) is 9.86. The molecule has 15 heavy (non-hydrogen) atoms. The Labute approximate surface area is 98.6 Å². The average Bonchev–Trinajstić information content (AvgIpc) is 2.21. The molecule has 0 aliphatic carbocycles. The van der Waals surface area contributed by atoms with Crippen molar-refractivity contribution in [2.45, 2.75) is 32.7 Å². The van der Waals surface area contributed by atoms with Gasteiger partial charge in [0.25, 0.3) is 0 Å².